The van der Waals surface area contributed by atoms with Gasteiger partial charge in [-0.15, -0.1) is 17.6 Å². The lowest BCUT2D eigenvalue weighted by molar-refractivity contribution is -0.287. The Morgan fingerprint density at radius 2 is 1.04 bits per heavy atom. The average molecular weight is 1240 g/mol. The van der Waals surface area contributed by atoms with Gasteiger partial charge in [-0.25, -0.2) is 35.4 Å². The van der Waals surface area contributed by atoms with Crippen LogP contribution in [-0.4, -0.2) is 145 Å². The van der Waals surface area contributed by atoms with Gasteiger partial charge in [0.2, 0.25) is 31.7 Å². The summed E-state index contributed by atoms with van der Waals surface area (Å²) in [4.78, 5) is 44.4. The number of methoxy groups -OCH3 is 1. The maximum Gasteiger partial charge on any atom is 0.586 e. The summed E-state index contributed by atoms with van der Waals surface area (Å²) in [5, 5.41) is 14.4. The zero-order valence-corrected chi connectivity index (χ0v) is 45.4. The molecule has 3 N–H and O–H groups in total. The van der Waals surface area contributed by atoms with Crippen LogP contribution in [0, 0.1) is 11.8 Å². The Kier molecular flexibility index (Phi) is 17.1. The van der Waals surface area contributed by atoms with Crippen molar-refractivity contribution >= 4 is 59.9 Å². The van der Waals surface area contributed by atoms with Crippen LogP contribution < -0.4 is 29.6 Å². The van der Waals surface area contributed by atoms with Crippen LogP contribution in [-0.2, 0) is 55.0 Å². The Balaban J connectivity index is 0.000000202. The Morgan fingerprint density at radius 3 is 1.42 bits per heavy atom. The maximum absolute atomic E-state index is 14.0. The van der Waals surface area contributed by atoms with Crippen LogP contribution in [0.4, 0.5) is 43.9 Å². The third-order valence-electron chi connectivity index (χ3n) is 14.1. The number of ether oxygens (including phenoxy) is 5. The first kappa shape index (κ1) is 61.1. The second-order valence-corrected chi connectivity index (χ2v) is 23.8. The lowest BCUT2D eigenvalue weighted by Gasteiger charge is -2.31. The van der Waals surface area contributed by atoms with E-state index in [-0.39, 0.29) is 124 Å². The van der Waals surface area contributed by atoms with Gasteiger partial charge in [0.05, 0.1) is 54.6 Å². The summed E-state index contributed by atoms with van der Waals surface area (Å²) in [5.41, 5.74) is -0.105. The van der Waals surface area contributed by atoms with E-state index in [2.05, 4.69) is 44.3 Å². The molecule has 0 radical (unpaired) electrons. The first-order chi connectivity index (χ1) is 39.4. The average Bonchev–Trinajstić information content (AvgIpc) is 2.90. The number of fused-ring (bicyclic) bond motifs is 4. The van der Waals surface area contributed by atoms with Gasteiger partial charge in [-0.1, -0.05) is 24.3 Å². The van der Waals surface area contributed by atoms with Gasteiger partial charge in [0, 0.05) is 61.5 Å². The number of aliphatic hydroxyl groups is 1. The molecular formula is C51H50F10N8O13S2. The molecule has 2 amide bonds. The van der Waals surface area contributed by atoms with Crippen molar-refractivity contribution in [1.82, 2.24) is 38.3 Å². The van der Waals surface area contributed by atoms with Gasteiger partial charge in [-0.3, -0.25) is 14.4 Å². The molecule has 2 aromatic heterocycles. The number of alkyl halides is 10. The normalized spacial score (nSPS) is 17.5. The SMILES string of the molecule is COC(=O)CS(=O)(=O)N1CCC(CNC(=O)c2ccc3c(c2)nc(C(F)(F)F)n3Cc2cccc3c2OC(F)(F)O3)CC1.O=C(NCC1CCN(S(=O)(=O)CCO)CC1)c1ccc2c(c1)nc(C(F)(F)F)n2Cc1cccc2c1OC(F)(F)O2. The lowest BCUT2D eigenvalue weighted by atomic mass is 9.98. The van der Waals surface area contributed by atoms with Crippen molar-refractivity contribution in [3.8, 4) is 23.0 Å². The van der Waals surface area contributed by atoms with Gasteiger partial charge in [0.15, 0.2) is 28.8 Å². The van der Waals surface area contributed by atoms with Crippen LogP contribution in [0.25, 0.3) is 22.1 Å². The van der Waals surface area contributed by atoms with E-state index >= 15 is 0 Å². The van der Waals surface area contributed by atoms with Crippen LogP contribution in [0.5, 0.6) is 23.0 Å². The summed E-state index contributed by atoms with van der Waals surface area (Å²) in [6.07, 6.45) is -15.9. The number of benzene rings is 4. The number of nitrogens with zero attached hydrogens (tertiary/aromatic N) is 6. The van der Waals surface area contributed by atoms with Gasteiger partial charge in [-0.2, -0.15) is 26.3 Å². The highest BCUT2D eigenvalue weighted by Gasteiger charge is 2.47. The number of halogens is 10. The quantitative estimate of drug-likeness (QED) is 0.0686. The number of sulfonamides is 2. The largest absolute Gasteiger partial charge is 0.586 e. The zero-order valence-electron chi connectivity index (χ0n) is 43.8. The van der Waals surface area contributed by atoms with Crippen LogP contribution in [0.2, 0.25) is 0 Å². The van der Waals surface area contributed by atoms with Gasteiger partial charge in [0.1, 0.15) is 0 Å². The van der Waals surface area contributed by atoms with E-state index in [9.17, 15) is 75.1 Å². The number of rotatable bonds is 16. The number of nitrogens with one attached hydrogen (secondary N) is 2. The molecule has 0 bridgehead atoms. The number of carbonyl (C=O) groups excluding carboxylic acids is 3. The number of aliphatic hydroxyl groups excluding tert-OH is 1. The number of carbonyl (C=O) groups is 3. The summed E-state index contributed by atoms with van der Waals surface area (Å²) in [6.45, 7) is -0.250. The van der Waals surface area contributed by atoms with E-state index in [0.717, 1.165) is 16.2 Å². The van der Waals surface area contributed by atoms with Crippen molar-refractivity contribution in [2.75, 3.05) is 64.5 Å². The summed E-state index contributed by atoms with van der Waals surface area (Å²) in [5.74, 6) is -7.12. The topological polar surface area (TPSA) is 252 Å². The first-order valence-corrected chi connectivity index (χ1v) is 28.8. The van der Waals surface area contributed by atoms with Crippen LogP contribution >= 0.6 is 0 Å². The molecule has 2 saturated heterocycles. The summed E-state index contributed by atoms with van der Waals surface area (Å²) < 4.78 is 213. The third-order valence-corrected chi connectivity index (χ3v) is 17.7. The Morgan fingerprint density at radius 1 is 0.631 bits per heavy atom. The second kappa shape index (κ2) is 23.5. The number of amides is 2. The minimum absolute atomic E-state index is 0.00504. The molecule has 21 nitrogen and oxygen atoms in total. The highest BCUT2D eigenvalue weighted by Crippen LogP contribution is 2.46. The van der Waals surface area contributed by atoms with Crippen molar-refractivity contribution in [2.45, 2.75) is 63.7 Å². The van der Waals surface area contributed by atoms with Gasteiger partial charge in [0.25, 0.3) is 11.8 Å². The van der Waals surface area contributed by atoms with Crippen molar-refractivity contribution in [3.63, 3.8) is 0 Å². The highest BCUT2D eigenvalue weighted by atomic mass is 32.2. The predicted octanol–water partition coefficient (Wildman–Crippen LogP) is 6.56. The molecule has 6 aromatic rings. The van der Waals surface area contributed by atoms with E-state index in [1.807, 2.05) is 0 Å². The summed E-state index contributed by atoms with van der Waals surface area (Å²) in [7, 11) is -6.25. The molecule has 2 fully saturated rings. The van der Waals surface area contributed by atoms with Crippen molar-refractivity contribution in [3.05, 3.63) is 107 Å². The fourth-order valence-corrected chi connectivity index (χ4v) is 12.6. The minimum atomic E-state index is -4.90. The molecule has 10 rings (SSSR count). The van der Waals surface area contributed by atoms with E-state index < -0.39 is 99.9 Å². The molecule has 0 unspecified atom stereocenters. The van der Waals surface area contributed by atoms with Gasteiger partial charge < -0.3 is 48.6 Å². The van der Waals surface area contributed by atoms with E-state index in [4.69, 9.17) is 5.11 Å². The molecule has 4 aliphatic rings. The van der Waals surface area contributed by atoms with Crippen molar-refractivity contribution in [2.24, 2.45) is 11.8 Å². The number of aromatic nitrogens is 4. The molecule has 6 heterocycles. The second-order valence-electron chi connectivity index (χ2n) is 19.7. The number of para-hydroxylation sites is 2. The Hall–Kier alpha value is -7.49. The number of hydrogen-bond acceptors (Lipinski definition) is 15. The van der Waals surface area contributed by atoms with Crippen LogP contribution in [0.15, 0.2) is 72.8 Å². The van der Waals surface area contributed by atoms with Crippen LogP contribution in [0.1, 0.15) is 69.2 Å². The maximum atomic E-state index is 14.0. The molecule has 33 heteroatoms. The fraction of sp³-hybridized carbons (Fsp3) is 0.431. The highest BCUT2D eigenvalue weighted by molar-refractivity contribution is 7.89. The summed E-state index contributed by atoms with van der Waals surface area (Å²) in [6, 6.07) is 15.4. The minimum Gasteiger partial charge on any atom is -0.468 e. The van der Waals surface area contributed by atoms with Crippen LogP contribution in [0.3, 0.4) is 0 Å². The number of esters is 1. The van der Waals surface area contributed by atoms with E-state index in [0.29, 0.717) is 25.7 Å². The third kappa shape index (κ3) is 13.7. The summed E-state index contributed by atoms with van der Waals surface area (Å²) >= 11 is 0. The zero-order chi connectivity index (χ0) is 60.7. The molecule has 0 spiro atoms. The van der Waals surface area contributed by atoms with E-state index in [1.54, 1.807) is 0 Å². The molecule has 4 aromatic carbocycles. The molecule has 0 aliphatic carbocycles. The van der Waals surface area contributed by atoms with Crippen molar-refractivity contribution in [1.29, 1.82) is 0 Å². The Bertz CT molecular complexity index is 3720. The van der Waals surface area contributed by atoms with E-state index in [1.165, 1.54) is 81.4 Å². The number of piperidine rings is 2. The molecule has 0 atom stereocenters. The molecular weight excluding hydrogens is 1190 g/mol. The molecule has 454 valence electrons. The number of hydrogen-bond donors (Lipinski definition) is 3. The Labute approximate surface area is 470 Å². The molecule has 0 saturated carbocycles. The molecule has 84 heavy (non-hydrogen) atoms. The lowest BCUT2D eigenvalue weighted by Crippen LogP contribution is -2.43. The van der Waals surface area contributed by atoms with Gasteiger partial charge >= 0.3 is 30.9 Å². The number of imidazole rings is 2. The standard InChI is InChI=1S/C26H25F5N4O7S.C25H25F5N4O6S/c1-40-21(36)14-43(38,39)34-9-7-15(8-10-34)12-32-23(37)16-5-6-19-18(11-16)33-24(25(27,28)29)35(19)13-17-3-2-4-20-22(17)42-26(30,31)41-20;26-24(27,28)23-32-18-12-16(22(36)31-13-15-6-8-33(9-7-15)41(37,38)11-10-35)4-5-19(18)34(23)14-17-2-1-3-20-21(17)40-25(29,30)39-20/h2-6,11,15H,7-10,12-14H2,1H3,(H,32,37);1-5,12,15,35H,6-11,13-14H2,(H,31,36). The molecule has 4 aliphatic heterocycles. The monoisotopic (exact) mass is 1240 g/mol. The smallest absolute Gasteiger partial charge is 0.468 e. The van der Waals surface area contributed by atoms with Crippen molar-refractivity contribution < 1.29 is 104 Å². The predicted molar refractivity (Wildman–Crippen MR) is 273 cm³/mol. The first-order valence-electron chi connectivity index (χ1n) is 25.5. The fourth-order valence-electron chi connectivity index (χ4n) is 9.94. The van der Waals surface area contributed by atoms with Gasteiger partial charge in [-0.05, 0) is 86.1 Å².